The molecule has 2 heterocycles. The topological polar surface area (TPSA) is 35.6 Å². The van der Waals surface area contributed by atoms with Crippen molar-refractivity contribution in [3.05, 3.63) is 35.9 Å². The summed E-state index contributed by atoms with van der Waals surface area (Å²) < 4.78 is 0. The first kappa shape index (κ1) is 18.4. The largest absolute Gasteiger partial charge is 0.345 e. The van der Waals surface area contributed by atoms with Crippen LogP contribution < -0.4 is 5.32 Å². The molecule has 3 rings (SSSR count). The first-order valence-corrected chi connectivity index (χ1v) is 9.91. The highest BCUT2D eigenvalue weighted by molar-refractivity contribution is 5.75. The van der Waals surface area contributed by atoms with E-state index >= 15 is 0 Å². The lowest BCUT2D eigenvalue weighted by atomic mass is 9.93. The summed E-state index contributed by atoms with van der Waals surface area (Å²) in [5.41, 5.74) is 1.38. The van der Waals surface area contributed by atoms with Crippen LogP contribution in [0.15, 0.2) is 30.3 Å². The number of likely N-dealkylation sites (tertiary alicyclic amines) is 1. The van der Waals surface area contributed by atoms with E-state index in [1.54, 1.807) is 0 Å². The molecule has 25 heavy (non-hydrogen) atoms. The summed E-state index contributed by atoms with van der Waals surface area (Å²) in [5.74, 6) is 1.70. The third kappa shape index (κ3) is 5.82. The molecule has 1 unspecified atom stereocenters. The van der Waals surface area contributed by atoms with Crippen LogP contribution in [0.4, 0.5) is 0 Å². The van der Waals surface area contributed by atoms with Gasteiger partial charge in [0.15, 0.2) is 0 Å². The zero-order valence-electron chi connectivity index (χ0n) is 15.6. The number of carbonyl (C=O) groups is 1. The smallest absolute Gasteiger partial charge is 0.222 e. The molecule has 4 nitrogen and oxygen atoms in total. The number of hydrogen-bond acceptors (Lipinski definition) is 3. The van der Waals surface area contributed by atoms with Crippen molar-refractivity contribution in [1.29, 1.82) is 0 Å². The van der Waals surface area contributed by atoms with E-state index < -0.39 is 0 Å². The second-order valence-corrected chi connectivity index (χ2v) is 7.88. The number of carbonyl (C=O) groups excluding carboxylic acids is 1. The van der Waals surface area contributed by atoms with Gasteiger partial charge in [0.2, 0.25) is 5.91 Å². The number of nitrogens with zero attached hydrogens (tertiary/aromatic N) is 2. The van der Waals surface area contributed by atoms with Crippen molar-refractivity contribution in [3.8, 4) is 0 Å². The van der Waals surface area contributed by atoms with E-state index in [2.05, 4.69) is 40.5 Å². The Kier molecular flexibility index (Phi) is 6.88. The van der Waals surface area contributed by atoms with Gasteiger partial charge in [0.05, 0.1) is 0 Å². The number of rotatable bonds is 7. The van der Waals surface area contributed by atoms with E-state index in [9.17, 15) is 4.79 Å². The van der Waals surface area contributed by atoms with E-state index in [-0.39, 0.29) is 0 Å². The first-order valence-electron chi connectivity index (χ1n) is 9.91. The average Bonchev–Trinajstić information content (AvgIpc) is 3.08. The molecule has 1 N–H and O–H groups in total. The summed E-state index contributed by atoms with van der Waals surface area (Å²) in [7, 11) is 1.99. The maximum absolute atomic E-state index is 12.4. The van der Waals surface area contributed by atoms with E-state index in [1.165, 1.54) is 24.8 Å². The van der Waals surface area contributed by atoms with Gasteiger partial charge in [-0.15, -0.1) is 0 Å². The second kappa shape index (κ2) is 9.35. The lowest BCUT2D eigenvalue weighted by molar-refractivity contribution is -0.130. The van der Waals surface area contributed by atoms with Gasteiger partial charge in [0, 0.05) is 33.1 Å². The summed E-state index contributed by atoms with van der Waals surface area (Å²) in [6.45, 7) is 6.45. The molecule has 1 atom stereocenters. The molecule has 0 aliphatic carbocycles. The van der Waals surface area contributed by atoms with Crippen molar-refractivity contribution in [2.45, 2.75) is 38.6 Å². The highest BCUT2D eigenvalue weighted by Crippen LogP contribution is 2.21. The van der Waals surface area contributed by atoms with Crippen molar-refractivity contribution in [2.75, 3.05) is 39.8 Å². The molecule has 0 bridgehead atoms. The summed E-state index contributed by atoms with van der Waals surface area (Å²) >= 11 is 0. The van der Waals surface area contributed by atoms with Crippen molar-refractivity contribution in [1.82, 2.24) is 15.1 Å². The van der Waals surface area contributed by atoms with Crippen LogP contribution in [-0.2, 0) is 11.3 Å². The van der Waals surface area contributed by atoms with E-state index in [1.807, 2.05) is 11.9 Å². The van der Waals surface area contributed by atoms with Crippen LogP contribution in [0.5, 0.6) is 0 Å². The molecule has 0 spiro atoms. The quantitative estimate of drug-likeness (QED) is 0.827. The Morgan fingerprint density at radius 3 is 2.68 bits per heavy atom. The van der Waals surface area contributed by atoms with Crippen LogP contribution in [0.1, 0.15) is 37.7 Å². The van der Waals surface area contributed by atoms with Gasteiger partial charge in [-0.05, 0) is 62.7 Å². The number of amides is 1. The molecule has 1 amide bonds. The Morgan fingerprint density at radius 1 is 1.16 bits per heavy atom. The van der Waals surface area contributed by atoms with Crippen LogP contribution in [0.3, 0.4) is 0 Å². The van der Waals surface area contributed by atoms with E-state index in [0.29, 0.717) is 11.8 Å². The Balaban J connectivity index is 1.36. The lowest BCUT2D eigenvalue weighted by Crippen LogP contribution is -2.34. The minimum absolute atomic E-state index is 0.333. The van der Waals surface area contributed by atoms with Crippen molar-refractivity contribution in [2.24, 2.45) is 11.8 Å². The van der Waals surface area contributed by atoms with E-state index in [4.69, 9.17) is 0 Å². The Labute approximate surface area is 152 Å². The minimum atomic E-state index is 0.333. The Morgan fingerprint density at radius 2 is 1.92 bits per heavy atom. The highest BCUT2D eigenvalue weighted by atomic mass is 16.2. The van der Waals surface area contributed by atoms with Crippen molar-refractivity contribution >= 4 is 5.91 Å². The summed E-state index contributed by atoms with van der Waals surface area (Å²) in [6, 6.07) is 10.7. The standard InChI is InChI=1S/C21H33N3O/c1-23(21(25)8-7-18-9-12-22-13-10-18)15-20-11-14-24(17-20)16-19-5-3-2-4-6-19/h2-6,18,20,22H,7-17H2,1H3. The van der Waals surface area contributed by atoms with Gasteiger partial charge in [-0.3, -0.25) is 9.69 Å². The normalized spacial score (nSPS) is 22.2. The number of benzene rings is 1. The molecular formula is C21H33N3O. The molecule has 0 aromatic heterocycles. The molecule has 2 saturated heterocycles. The van der Waals surface area contributed by atoms with Crippen LogP contribution >= 0.6 is 0 Å². The number of hydrogen-bond donors (Lipinski definition) is 1. The fraction of sp³-hybridized carbons (Fsp3) is 0.667. The maximum Gasteiger partial charge on any atom is 0.222 e. The summed E-state index contributed by atoms with van der Waals surface area (Å²) in [6.07, 6.45) is 5.46. The van der Waals surface area contributed by atoms with Gasteiger partial charge in [0.1, 0.15) is 0 Å². The van der Waals surface area contributed by atoms with Gasteiger partial charge >= 0.3 is 0 Å². The molecule has 1 aromatic rings. The SMILES string of the molecule is CN(CC1CCN(Cc2ccccc2)C1)C(=O)CCC1CCNCC1. The van der Waals surface area contributed by atoms with Crippen LogP contribution in [0, 0.1) is 11.8 Å². The van der Waals surface area contributed by atoms with Crippen LogP contribution in [0.25, 0.3) is 0 Å². The van der Waals surface area contributed by atoms with Gasteiger partial charge in [-0.25, -0.2) is 0 Å². The predicted octanol–water partition coefficient (Wildman–Crippen LogP) is 2.75. The fourth-order valence-electron chi connectivity index (χ4n) is 4.23. The van der Waals surface area contributed by atoms with Crippen LogP contribution in [-0.4, -0.2) is 55.5 Å². The Hall–Kier alpha value is -1.39. The Bertz CT molecular complexity index is 527. The fourth-order valence-corrected chi connectivity index (χ4v) is 4.23. The zero-order valence-corrected chi connectivity index (χ0v) is 15.6. The molecule has 0 radical (unpaired) electrons. The van der Waals surface area contributed by atoms with E-state index in [0.717, 1.165) is 58.0 Å². The molecule has 2 aliphatic rings. The van der Waals surface area contributed by atoms with Gasteiger partial charge in [-0.2, -0.15) is 0 Å². The third-order valence-electron chi connectivity index (χ3n) is 5.80. The highest BCUT2D eigenvalue weighted by Gasteiger charge is 2.25. The number of piperidine rings is 1. The van der Waals surface area contributed by atoms with Crippen molar-refractivity contribution < 1.29 is 4.79 Å². The predicted molar refractivity (Wildman–Crippen MR) is 102 cm³/mol. The number of nitrogens with one attached hydrogen (secondary N) is 1. The second-order valence-electron chi connectivity index (χ2n) is 7.88. The van der Waals surface area contributed by atoms with Crippen LogP contribution in [0.2, 0.25) is 0 Å². The molecule has 2 aliphatic heterocycles. The van der Waals surface area contributed by atoms with Gasteiger partial charge in [0.25, 0.3) is 0 Å². The summed E-state index contributed by atoms with van der Waals surface area (Å²) in [5, 5.41) is 3.39. The lowest BCUT2D eigenvalue weighted by Gasteiger charge is -2.25. The molecule has 2 fully saturated rings. The first-order chi connectivity index (χ1) is 12.2. The monoisotopic (exact) mass is 343 g/mol. The summed E-state index contributed by atoms with van der Waals surface area (Å²) in [4.78, 5) is 16.9. The zero-order chi connectivity index (χ0) is 17.5. The maximum atomic E-state index is 12.4. The molecule has 138 valence electrons. The minimum Gasteiger partial charge on any atom is -0.345 e. The van der Waals surface area contributed by atoms with Gasteiger partial charge in [-0.1, -0.05) is 30.3 Å². The molecule has 1 aromatic carbocycles. The molecule has 4 heteroatoms. The third-order valence-corrected chi connectivity index (χ3v) is 5.80. The average molecular weight is 344 g/mol. The van der Waals surface area contributed by atoms with Crippen molar-refractivity contribution in [3.63, 3.8) is 0 Å². The molecule has 0 saturated carbocycles. The van der Waals surface area contributed by atoms with Gasteiger partial charge < -0.3 is 10.2 Å². The molecular weight excluding hydrogens is 310 g/mol.